The number of aryl methyl sites for hydroxylation is 1. The van der Waals surface area contributed by atoms with Crippen LogP contribution in [-0.4, -0.2) is 0 Å². The Balaban J connectivity index is 1.34. The van der Waals surface area contributed by atoms with Crippen molar-refractivity contribution < 1.29 is 13.7 Å². The molecular weight excluding hydrogens is 651 g/mol. The van der Waals surface area contributed by atoms with Gasteiger partial charge in [-0.15, -0.1) is 11.3 Å². The van der Waals surface area contributed by atoms with Gasteiger partial charge in [-0.05, 0) is 72.7 Å². The molecule has 0 saturated heterocycles. The fourth-order valence-electron chi connectivity index (χ4n) is 7.88. The predicted octanol–water partition coefficient (Wildman–Crippen LogP) is 10.7. The van der Waals surface area contributed by atoms with Gasteiger partial charge in [0.2, 0.25) is 34.2 Å². The van der Waals surface area contributed by atoms with Gasteiger partial charge in [-0.3, -0.25) is 0 Å². The van der Waals surface area contributed by atoms with E-state index in [9.17, 15) is 0 Å². The van der Waals surface area contributed by atoms with Crippen LogP contribution in [0.5, 0.6) is 0 Å². The zero-order valence-corrected chi connectivity index (χ0v) is 29.5. The number of thiophene rings is 1. The van der Waals surface area contributed by atoms with E-state index in [4.69, 9.17) is 6.58 Å². The summed E-state index contributed by atoms with van der Waals surface area (Å²) < 4.78 is 9.56. The van der Waals surface area contributed by atoms with Crippen molar-refractivity contribution in [3.63, 3.8) is 0 Å². The lowest BCUT2D eigenvalue weighted by atomic mass is 9.98. The van der Waals surface area contributed by atoms with Crippen molar-refractivity contribution in [2.75, 3.05) is 0 Å². The summed E-state index contributed by atoms with van der Waals surface area (Å²) in [4.78, 5) is 0. The molecule has 0 N–H and O–H groups in total. The molecule has 0 fully saturated rings. The third-order valence-corrected chi connectivity index (χ3v) is 11.5. The second-order valence-corrected chi connectivity index (χ2v) is 14.4. The maximum atomic E-state index is 4.74. The van der Waals surface area contributed by atoms with Crippen molar-refractivity contribution in [2.24, 2.45) is 0 Å². The van der Waals surface area contributed by atoms with Gasteiger partial charge in [-0.25, -0.2) is 0 Å². The first-order valence-electron chi connectivity index (χ1n) is 17.6. The summed E-state index contributed by atoms with van der Waals surface area (Å²) in [6.45, 7) is 6.91. The standard InChI is InChI=1S/C48H34N3S/c1-32-24-25-45-41(30-32)44-22-9-11-27-49(44)33(2)35-14-3-4-15-37(35)42-21-10-12-28-50(42)43-20-7-5-17-40(43)46-31-34(26-29-51(45)46)36-18-13-19-39-38-16-6-8-23-47(38)52-48(36)39/h3-31H,2H2,1H3/q+3. The van der Waals surface area contributed by atoms with Crippen LogP contribution in [0, 0.1) is 6.92 Å². The molecule has 0 bridgehead atoms. The summed E-state index contributed by atoms with van der Waals surface area (Å²) >= 11 is 1.87. The number of rotatable bonds is 1. The lowest BCUT2D eigenvalue weighted by Crippen LogP contribution is -2.38. The highest BCUT2D eigenvalue weighted by molar-refractivity contribution is 7.26. The van der Waals surface area contributed by atoms with Crippen LogP contribution < -0.4 is 13.7 Å². The Hall–Kier alpha value is -6.49. The van der Waals surface area contributed by atoms with Gasteiger partial charge in [0, 0.05) is 68.7 Å². The molecule has 0 unspecified atom stereocenters. The van der Waals surface area contributed by atoms with Gasteiger partial charge < -0.3 is 0 Å². The van der Waals surface area contributed by atoms with Crippen molar-refractivity contribution in [3.05, 3.63) is 194 Å². The molecule has 0 saturated carbocycles. The largest absolute Gasteiger partial charge is 0.225 e. The van der Waals surface area contributed by atoms with Crippen molar-refractivity contribution in [3.8, 4) is 56.3 Å². The number of aromatic nitrogens is 3. The van der Waals surface area contributed by atoms with E-state index in [2.05, 4.69) is 197 Å². The van der Waals surface area contributed by atoms with Crippen molar-refractivity contribution >= 4 is 37.2 Å². The molecule has 0 radical (unpaired) electrons. The summed E-state index contributed by atoms with van der Waals surface area (Å²) in [6.07, 6.45) is 6.57. The summed E-state index contributed by atoms with van der Waals surface area (Å²) in [7, 11) is 0. The second-order valence-electron chi connectivity index (χ2n) is 13.4. The van der Waals surface area contributed by atoms with Gasteiger partial charge in [-0.2, -0.15) is 13.7 Å². The van der Waals surface area contributed by atoms with Crippen LogP contribution in [0.15, 0.2) is 183 Å². The molecule has 1 aliphatic heterocycles. The third-order valence-electron chi connectivity index (χ3n) is 10.3. The summed E-state index contributed by atoms with van der Waals surface area (Å²) in [5, 5.41) is 2.61. The van der Waals surface area contributed by atoms with E-state index in [1.54, 1.807) is 0 Å². The van der Waals surface area contributed by atoms with Crippen LogP contribution >= 0.6 is 11.3 Å². The molecule has 5 aromatic carbocycles. The highest BCUT2D eigenvalue weighted by Gasteiger charge is 2.33. The van der Waals surface area contributed by atoms with Gasteiger partial charge in [0.05, 0.1) is 11.1 Å². The van der Waals surface area contributed by atoms with Crippen molar-refractivity contribution in [2.45, 2.75) is 6.92 Å². The predicted molar refractivity (Wildman–Crippen MR) is 214 cm³/mol. The van der Waals surface area contributed by atoms with E-state index in [-0.39, 0.29) is 0 Å². The first-order valence-corrected chi connectivity index (χ1v) is 18.4. The number of para-hydroxylation sites is 1. The SMILES string of the molecule is C=C1c2ccccc2-c2cccc[n+]2-c2ccccc2-c2cc(-c3cccc4c3sc3ccccc34)cc[n+]2-c2ccc(C)cc2-c2cccc[n+]21. The minimum atomic E-state index is 0.915. The summed E-state index contributed by atoms with van der Waals surface area (Å²) in [5.41, 5.74) is 14.5. The first-order chi connectivity index (χ1) is 25.6. The summed E-state index contributed by atoms with van der Waals surface area (Å²) in [6, 6.07) is 57.2. The molecule has 9 aromatic rings. The molecule has 52 heavy (non-hydrogen) atoms. The molecule has 3 nitrogen and oxygen atoms in total. The van der Waals surface area contributed by atoms with Crippen LogP contribution in [0.2, 0.25) is 0 Å². The van der Waals surface area contributed by atoms with E-state index in [0.29, 0.717) is 0 Å². The Morgan fingerprint density at radius 3 is 1.94 bits per heavy atom. The highest BCUT2D eigenvalue weighted by atomic mass is 32.1. The third kappa shape index (κ3) is 4.76. The molecule has 0 atom stereocenters. The quantitative estimate of drug-likeness (QED) is 0.153. The van der Waals surface area contributed by atoms with Crippen LogP contribution in [0.3, 0.4) is 0 Å². The minimum Gasteiger partial charge on any atom is -0.160 e. The monoisotopic (exact) mass is 684 g/mol. The Morgan fingerprint density at radius 2 is 1.08 bits per heavy atom. The lowest BCUT2D eigenvalue weighted by molar-refractivity contribution is -0.591. The molecule has 5 heterocycles. The Kier molecular flexibility index (Phi) is 7.05. The van der Waals surface area contributed by atoms with Gasteiger partial charge in [-0.1, -0.05) is 66.7 Å². The first kappa shape index (κ1) is 30.3. The maximum Gasteiger partial charge on any atom is 0.225 e. The van der Waals surface area contributed by atoms with E-state index < -0.39 is 0 Å². The number of fused-ring (bicyclic) bond motifs is 14. The van der Waals surface area contributed by atoms with Gasteiger partial charge >= 0.3 is 0 Å². The zero-order valence-electron chi connectivity index (χ0n) is 28.7. The van der Waals surface area contributed by atoms with Gasteiger partial charge in [0.15, 0.2) is 18.6 Å². The molecule has 4 heteroatoms. The molecule has 0 spiro atoms. The van der Waals surface area contributed by atoms with Crippen LogP contribution in [0.1, 0.15) is 11.1 Å². The number of benzene rings is 5. The summed E-state index contributed by atoms with van der Waals surface area (Å²) in [5.74, 6) is 0. The second kappa shape index (κ2) is 12.1. The van der Waals surface area contributed by atoms with Crippen LogP contribution in [-0.2, 0) is 0 Å². The highest BCUT2D eigenvalue weighted by Crippen LogP contribution is 2.41. The molecule has 1 aliphatic rings. The molecular formula is C48H34N3S+3. The average Bonchev–Trinajstić information content (AvgIpc) is 3.59. The Bertz CT molecular complexity index is 2900. The zero-order chi connectivity index (χ0) is 34.8. The Morgan fingerprint density at radius 1 is 0.442 bits per heavy atom. The number of hydrogen-bond acceptors (Lipinski definition) is 1. The van der Waals surface area contributed by atoms with Crippen LogP contribution in [0.4, 0.5) is 0 Å². The Labute approximate surface area is 306 Å². The lowest BCUT2D eigenvalue weighted by Gasteiger charge is -2.12. The number of nitrogens with zero attached hydrogens (tertiary/aromatic N) is 3. The number of pyridine rings is 3. The molecule has 244 valence electrons. The fourth-order valence-corrected chi connectivity index (χ4v) is 9.12. The molecule has 4 aromatic heterocycles. The van der Waals surface area contributed by atoms with E-state index in [1.165, 1.54) is 36.9 Å². The average molecular weight is 685 g/mol. The molecule has 0 aliphatic carbocycles. The van der Waals surface area contributed by atoms with E-state index in [1.807, 2.05) is 11.3 Å². The molecule has 0 amide bonds. The van der Waals surface area contributed by atoms with Gasteiger partial charge in [0.25, 0.3) is 0 Å². The smallest absolute Gasteiger partial charge is 0.160 e. The van der Waals surface area contributed by atoms with Gasteiger partial charge in [0.1, 0.15) is 11.1 Å². The number of hydrogen-bond donors (Lipinski definition) is 0. The van der Waals surface area contributed by atoms with E-state index in [0.717, 1.165) is 56.4 Å². The van der Waals surface area contributed by atoms with Crippen molar-refractivity contribution in [1.29, 1.82) is 0 Å². The maximum absolute atomic E-state index is 4.74. The fraction of sp³-hybridized carbons (Fsp3) is 0.0208. The minimum absolute atomic E-state index is 0.915. The topological polar surface area (TPSA) is 11.6 Å². The van der Waals surface area contributed by atoms with E-state index >= 15 is 0 Å². The van der Waals surface area contributed by atoms with Crippen molar-refractivity contribution in [1.82, 2.24) is 0 Å². The normalized spacial score (nSPS) is 12.0. The van der Waals surface area contributed by atoms with Crippen LogP contribution in [0.25, 0.3) is 82.1 Å². The molecule has 10 rings (SSSR count).